The average Bonchev–Trinajstić information content (AvgIpc) is 3.21. The number of hydrogen-bond acceptors (Lipinski definition) is 6. The van der Waals surface area contributed by atoms with Crippen LogP contribution >= 0.6 is 0 Å². The van der Waals surface area contributed by atoms with Crippen LogP contribution in [0, 0.1) is 12.8 Å². The monoisotopic (exact) mass is 517 g/mol. The summed E-state index contributed by atoms with van der Waals surface area (Å²) in [6.45, 7) is 9.86. The second-order valence-corrected chi connectivity index (χ2v) is 11.8. The number of carbonyl (C=O) groups is 3. The second-order valence-electron chi connectivity index (χ2n) is 11.8. The molecule has 1 unspecified atom stereocenters. The van der Waals surface area contributed by atoms with Crippen molar-refractivity contribution >= 4 is 17.5 Å². The molecule has 2 aromatic rings. The van der Waals surface area contributed by atoms with Crippen molar-refractivity contribution in [2.75, 3.05) is 33.2 Å². The van der Waals surface area contributed by atoms with Gasteiger partial charge in [-0.1, -0.05) is 32.1 Å². The van der Waals surface area contributed by atoms with Crippen LogP contribution in [0.15, 0.2) is 28.7 Å². The fraction of sp³-hybridized carbons (Fsp3) is 0.516. The van der Waals surface area contributed by atoms with Crippen LogP contribution in [0.2, 0.25) is 0 Å². The van der Waals surface area contributed by atoms with Crippen LogP contribution in [0.5, 0.6) is 0 Å². The number of ketones is 2. The van der Waals surface area contributed by atoms with Gasteiger partial charge in [-0.3, -0.25) is 19.3 Å². The second kappa shape index (κ2) is 10.6. The predicted octanol–water partition coefficient (Wildman–Crippen LogP) is 4.35. The van der Waals surface area contributed by atoms with Crippen molar-refractivity contribution in [3.05, 3.63) is 57.9 Å². The summed E-state index contributed by atoms with van der Waals surface area (Å²) in [4.78, 5) is 40.9. The van der Waals surface area contributed by atoms with E-state index in [1.165, 1.54) is 5.56 Å². The number of hydrogen-bond donors (Lipinski definition) is 2. The summed E-state index contributed by atoms with van der Waals surface area (Å²) in [5.74, 6) is 0.660. The minimum absolute atomic E-state index is 0.0164. The van der Waals surface area contributed by atoms with E-state index in [1.54, 1.807) is 6.08 Å². The SMILES string of the molecule is Cc1c(CN(C)CCNC(=O)/C=C/C2CCCNC2)oc2c1C(=O)C(=O)c1c-2ccc2c1CCCC2(C)C. The fourth-order valence-electron chi connectivity index (χ4n) is 6.25. The maximum Gasteiger partial charge on any atom is 0.243 e. The van der Waals surface area contributed by atoms with Crippen LogP contribution in [-0.2, 0) is 23.2 Å². The number of Topliss-reactive ketones (excluding diaryl/α,β-unsaturated/α-hetero) is 2. The zero-order valence-electron chi connectivity index (χ0n) is 23.0. The zero-order valence-corrected chi connectivity index (χ0v) is 23.0. The Kier molecular flexibility index (Phi) is 7.43. The van der Waals surface area contributed by atoms with E-state index in [0.29, 0.717) is 48.2 Å². The van der Waals surface area contributed by atoms with Crippen LogP contribution < -0.4 is 10.6 Å². The smallest absolute Gasteiger partial charge is 0.243 e. The fourth-order valence-corrected chi connectivity index (χ4v) is 6.25. The van der Waals surface area contributed by atoms with Crippen LogP contribution in [-0.4, -0.2) is 55.6 Å². The summed E-state index contributed by atoms with van der Waals surface area (Å²) in [6, 6.07) is 4.08. The van der Waals surface area contributed by atoms with E-state index in [1.807, 2.05) is 26.1 Å². The molecule has 0 bridgehead atoms. The van der Waals surface area contributed by atoms with Gasteiger partial charge in [0.2, 0.25) is 17.5 Å². The molecule has 0 spiro atoms. The van der Waals surface area contributed by atoms with E-state index in [0.717, 1.165) is 61.9 Å². The number of carbonyl (C=O) groups excluding carboxylic acids is 3. The maximum atomic E-state index is 13.4. The third-order valence-corrected chi connectivity index (χ3v) is 8.48. The average molecular weight is 518 g/mol. The Morgan fingerprint density at radius 1 is 1.21 bits per heavy atom. The van der Waals surface area contributed by atoms with Crippen LogP contribution in [0.3, 0.4) is 0 Å². The van der Waals surface area contributed by atoms with Gasteiger partial charge in [0.25, 0.3) is 0 Å². The van der Waals surface area contributed by atoms with Crippen molar-refractivity contribution < 1.29 is 18.8 Å². The number of nitrogens with zero attached hydrogens (tertiary/aromatic N) is 1. The van der Waals surface area contributed by atoms with E-state index in [-0.39, 0.29) is 11.3 Å². The Morgan fingerprint density at radius 2 is 2.00 bits per heavy atom. The molecule has 2 aliphatic carbocycles. The van der Waals surface area contributed by atoms with Crippen LogP contribution in [0.4, 0.5) is 0 Å². The van der Waals surface area contributed by atoms with Crippen molar-refractivity contribution in [3.63, 3.8) is 0 Å². The first-order valence-corrected chi connectivity index (χ1v) is 13.9. The molecule has 202 valence electrons. The predicted molar refractivity (Wildman–Crippen MR) is 148 cm³/mol. The van der Waals surface area contributed by atoms with Gasteiger partial charge < -0.3 is 15.1 Å². The van der Waals surface area contributed by atoms with Gasteiger partial charge in [-0.2, -0.15) is 0 Å². The quantitative estimate of drug-likeness (QED) is 0.419. The summed E-state index contributed by atoms with van der Waals surface area (Å²) >= 11 is 0. The van der Waals surface area contributed by atoms with Crippen molar-refractivity contribution in [2.24, 2.45) is 5.92 Å². The Labute approximate surface area is 225 Å². The van der Waals surface area contributed by atoms with E-state index in [4.69, 9.17) is 4.42 Å². The van der Waals surface area contributed by atoms with Crippen molar-refractivity contribution in [2.45, 2.75) is 64.8 Å². The minimum Gasteiger partial charge on any atom is -0.459 e. The van der Waals surface area contributed by atoms with Crippen molar-refractivity contribution in [1.82, 2.24) is 15.5 Å². The topological polar surface area (TPSA) is 91.7 Å². The van der Waals surface area contributed by atoms with Gasteiger partial charge in [-0.15, -0.1) is 0 Å². The number of amides is 1. The molecule has 2 N–H and O–H groups in total. The lowest BCUT2D eigenvalue weighted by atomic mass is 9.69. The van der Waals surface area contributed by atoms with Gasteiger partial charge in [0.1, 0.15) is 11.5 Å². The maximum absolute atomic E-state index is 13.4. The highest BCUT2D eigenvalue weighted by atomic mass is 16.3. The molecule has 3 aliphatic rings. The molecule has 38 heavy (non-hydrogen) atoms. The first kappa shape index (κ1) is 26.6. The largest absolute Gasteiger partial charge is 0.459 e. The first-order valence-electron chi connectivity index (χ1n) is 13.9. The molecule has 0 radical (unpaired) electrons. The molecule has 1 amide bonds. The summed E-state index contributed by atoms with van der Waals surface area (Å²) < 4.78 is 6.31. The van der Waals surface area contributed by atoms with Crippen molar-refractivity contribution in [1.29, 1.82) is 0 Å². The van der Waals surface area contributed by atoms with Gasteiger partial charge in [0.05, 0.1) is 12.1 Å². The highest BCUT2D eigenvalue weighted by Gasteiger charge is 2.40. The molecule has 1 aromatic heterocycles. The molecule has 1 fully saturated rings. The summed E-state index contributed by atoms with van der Waals surface area (Å²) in [5, 5.41) is 6.30. The third-order valence-electron chi connectivity index (χ3n) is 8.48. The number of fused-ring (bicyclic) bond motifs is 5. The van der Waals surface area contributed by atoms with Crippen LogP contribution in [0.1, 0.15) is 82.7 Å². The third kappa shape index (κ3) is 5.02. The van der Waals surface area contributed by atoms with Gasteiger partial charge in [-0.05, 0) is 81.2 Å². The molecule has 1 atom stereocenters. The number of nitrogens with one attached hydrogen (secondary N) is 2. The molecule has 1 saturated heterocycles. The highest BCUT2D eigenvalue weighted by molar-refractivity contribution is 6.53. The number of rotatable bonds is 7. The Morgan fingerprint density at radius 3 is 2.76 bits per heavy atom. The van der Waals surface area contributed by atoms with Crippen molar-refractivity contribution in [3.8, 4) is 11.3 Å². The van der Waals surface area contributed by atoms with E-state index < -0.39 is 11.6 Å². The molecule has 0 saturated carbocycles. The lowest BCUT2D eigenvalue weighted by Crippen LogP contribution is -2.32. The molecule has 1 aromatic carbocycles. The molecule has 1 aliphatic heterocycles. The Bertz CT molecular complexity index is 1300. The molecule has 2 heterocycles. The van der Waals surface area contributed by atoms with Gasteiger partial charge in [-0.25, -0.2) is 0 Å². The summed E-state index contributed by atoms with van der Waals surface area (Å²) in [5.41, 5.74) is 4.57. The molecular formula is C31H39N3O4. The highest BCUT2D eigenvalue weighted by Crippen LogP contribution is 2.45. The van der Waals surface area contributed by atoms with Gasteiger partial charge >= 0.3 is 0 Å². The summed E-state index contributed by atoms with van der Waals surface area (Å²) in [6.07, 6.45) is 8.77. The normalized spacial score (nSPS) is 20.4. The zero-order chi connectivity index (χ0) is 27.0. The summed E-state index contributed by atoms with van der Waals surface area (Å²) in [7, 11) is 1.95. The molecule has 7 heteroatoms. The number of furan rings is 1. The standard InChI is InChI=1S/C31H39N3O4/c1-19-24(18-34(4)16-15-33-25(35)12-9-20-7-6-14-32-17-20)38-30-22-10-11-23-21(8-5-13-31(23,2)3)27(22)29(37)28(36)26(19)30/h9-12,20,32H,5-8,13-18H2,1-4H3,(H,33,35)/b12-9+. The number of likely N-dealkylation sites (N-methyl/N-ethyl adjacent to an activating group) is 1. The lowest BCUT2D eigenvalue weighted by Gasteiger charge is -2.34. The van der Waals surface area contributed by atoms with E-state index >= 15 is 0 Å². The van der Waals surface area contributed by atoms with Crippen LogP contribution in [0.25, 0.3) is 11.3 Å². The van der Waals surface area contributed by atoms with E-state index in [9.17, 15) is 14.4 Å². The van der Waals surface area contributed by atoms with Gasteiger partial charge in [0.15, 0.2) is 0 Å². The molecular weight excluding hydrogens is 478 g/mol. The minimum atomic E-state index is -0.466. The lowest BCUT2D eigenvalue weighted by molar-refractivity contribution is -0.116. The first-order chi connectivity index (χ1) is 18.2. The Hall–Kier alpha value is -3.03. The number of piperidine rings is 1. The van der Waals surface area contributed by atoms with Gasteiger partial charge in [0, 0.05) is 36.3 Å². The molecule has 7 nitrogen and oxygen atoms in total. The molecule has 5 rings (SSSR count). The Balaban J connectivity index is 1.28. The van der Waals surface area contributed by atoms with E-state index in [2.05, 4.69) is 35.4 Å². The number of benzene rings is 1.